The maximum Gasteiger partial charge on any atom is 0.286 e. The lowest BCUT2D eigenvalue weighted by atomic mass is 10.2. The molecule has 2 aromatic heterocycles. The molecule has 0 radical (unpaired) electrons. The Morgan fingerprint density at radius 2 is 1.76 bits per heavy atom. The number of carbonyl (C=O) groups excluding carboxylic acids is 2. The van der Waals surface area contributed by atoms with Crippen LogP contribution in [0.1, 0.15) is 42.3 Å². The van der Waals surface area contributed by atoms with Crippen LogP contribution in [0.3, 0.4) is 0 Å². The number of hydrogen-bond acceptors (Lipinski definition) is 7. The molecular weight excluding hydrogens is 440 g/mol. The minimum absolute atomic E-state index is 0.231. The summed E-state index contributed by atoms with van der Waals surface area (Å²) in [6.07, 6.45) is 0. The molecule has 0 saturated carbocycles. The first kappa shape index (κ1) is 22.2. The first-order valence-electron chi connectivity index (χ1n) is 10.2. The van der Waals surface area contributed by atoms with E-state index < -0.39 is 0 Å². The number of anilines is 1. The average Bonchev–Trinajstić information content (AvgIpc) is 3.46. The fraction of sp³-hybridized carbons (Fsp3) is 0.167. The lowest BCUT2D eigenvalue weighted by Gasteiger charge is -2.06. The molecule has 2 heterocycles. The Labute approximate surface area is 194 Å². The Kier molecular flexibility index (Phi) is 6.80. The van der Waals surface area contributed by atoms with Gasteiger partial charge in [0.2, 0.25) is 5.01 Å². The van der Waals surface area contributed by atoms with E-state index in [1.807, 2.05) is 50.2 Å². The van der Waals surface area contributed by atoms with Crippen LogP contribution in [-0.2, 0) is 13.2 Å². The molecule has 0 spiro atoms. The van der Waals surface area contributed by atoms with Crippen LogP contribution >= 0.6 is 11.3 Å². The molecule has 168 valence electrons. The topological polar surface area (TPSA) is 106 Å². The third-order valence-corrected chi connectivity index (χ3v) is 5.63. The van der Waals surface area contributed by atoms with E-state index in [1.54, 1.807) is 24.3 Å². The van der Waals surface area contributed by atoms with Crippen molar-refractivity contribution in [2.24, 2.45) is 0 Å². The van der Waals surface area contributed by atoms with E-state index in [4.69, 9.17) is 9.15 Å². The van der Waals surface area contributed by atoms with Gasteiger partial charge in [-0.3, -0.25) is 9.59 Å². The summed E-state index contributed by atoms with van der Waals surface area (Å²) in [6, 6.07) is 17.9. The highest BCUT2D eigenvalue weighted by atomic mass is 32.1. The summed E-state index contributed by atoms with van der Waals surface area (Å²) >= 11 is 1.17. The van der Waals surface area contributed by atoms with Gasteiger partial charge in [0.25, 0.3) is 11.8 Å². The third-order valence-electron chi connectivity index (χ3n) is 4.73. The van der Waals surface area contributed by atoms with E-state index in [0.717, 1.165) is 17.1 Å². The van der Waals surface area contributed by atoms with Crippen LogP contribution in [0.2, 0.25) is 0 Å². The third kappa shape index (κ3) is 5.83. The zero-order valence-corrected chi connectivity index (χ0v) is 18.9. The Morgan fingerprint density at radius 3 is 2.48 bits per heavy atom. The molecule has 0 aliphatic rings. The second-order valence-corrected chi connectivity index (χ2v) is 8.34. The lowest BCUT2D eigenvalue weighted by molar-refractivity contribution is 0.0947. The van der Waals surface area contributed by atoms with Gasteiger partial charge in [-0.15, -0.1) is 10.2 Å². The molecule has 8 nitrogen and oxygen atoms in total. The number of amides is 2. The minimum atomic E-state index is -0.375. The van der Waals surface area contributed by atoms with Gasteiger partial charge in [-0.25, -0.2) is 0 Å². The highest BCUT2D eigenvalue weighted by Gasteiger charge is 2.14. The number of nitrogens with zero attached hydrogens (tertiary/aromatic N) is 2. The standard InChI is InChI=1S/C24H22N4O4S/c1-15-5-3-4-6-20(15)31-14-21-27-28-24(33-21)23(30)26-18-10-8-17(9-11-18)22(29)25-13-19-12-7-16(2)32-19/h3-12H,13-14H2,1-2H3,(H,25,29)(H,26,30). The summed E-state index contributed by atoms with van der Waals surface area (Å²) in [7, 11) is 0. The van der Waals surface area contributed by atoms with Gasteiger partial charge in [0.1, 0.15) is 23.9 Å². The molecule has 33 heavy (non-hydrogen) atoms. The molecule has 4 aromatic rings. The van der Waals surface area contributed by atoms with Crippen molar-refractivity contribution in [3.05, 3.63) is 93.3 Å². The van der Waals surface area contributed by atoms with E-state index in [-0.39, 0.29) is 23.4 Å². The van der Waals surface area contributed by atoms with Crippen LogP contribution in [0.15, 0.2) is 65.1 Å². The van der Waals surface area contributed by atoms with Crippen molar-refractivity contribution in [3.8, 4) is 5.75 Å². The molecular formula is C24H22N4O4S. The van der Waals surface area contributed by atoms with E-state index in [1.165, 1.54) is 11.3 Å². The molecule has 0 fully saturated rings. The molecule has 0 saturated heterocycles. The Bertz CT molecular complexity index is 1260. The SMILES string of the molecule is Cc1ccc(CNC(=O)c2ccc(NC(=O)c3nnc(COc4ccccc4C)s3)cc2)o1. The maximum absolute atomic E-state index is 12.5. The van der Waals surface area contributed by atoms with E-state index in [2.05, 4.69) is 20.8 Å². The number of aryl methyl sites for hydroxylation is 2. The number of carbonyl (C=O) groups is 2. The van der Waals surface area contributed by atoms with Crippen LogP contribution in [0.4, 0.5) is 5.69 Å². The van der Waals surface area contributed by atoms with Gasteiger partial charge in [0.15, 0.2) is 5.01 Å². The maximum atomic E-state index is 12.5. The van der Waals surface area contributed by atoms with E-state index in [9.17, 15) is 9.59 Å². The molecule has 0 atom stereocenters. The molecule has 4 rings (SSSR count). The average molecular weight is 463 g/mol. The van der Waals surface area contributed by atoms with Crippen LogP contribution in [0.5, 0.6) is 5.75 Å². The van der Waals surface area contributed by atoms with Gasteiger partial charge >= 0.3 is 0 Å². The van der Waals surface area contributed by atoms with Crippen LogP contribution < -0.4 is 15.4 Å². The fourth-order valence-electron chi connectivity index (χ4n) is 3.00. The predicted molar refractivity (Wildman–Crippen MR) is 124 cm³/mol. The molecule has 2 aromatic carbocycles. The number of para-hydroxylation sites is 1. The number of ether oxygens (including phenoxy) is 1. The summed E-state index contributed by atoms with van der Waals surface area (Å²) < 4.78 is 11.2. The summed E-state index contributed by atoms with van der Waals surface area (Å²) in [5.74, 6) is 1.64. The molecule has 2 amide bonds. The van der Waals surface area contributed by atoms with Gasteiger partial charge < -0.3 is 19.8 Å². The molecule has 0 unspecified atom stereocenters. The predicted octanol–water partition coefficient (Wildman–Crippen LogP) is 4.51. The smallest absolute Gasteiger partial charge is 0.286 e. The summed E-state index contributed by atoms with van der Waals surface area (Å²) in [4.78, 5) is 24.8. The number of nitrogens with one attached hydrogen (secondary N) is 2. The second kappa shape index (κ2) is 10.1. The number of hydrogen-bond donors (Lipinski definition) is 2. The molecule has 0 aliphatic heterocycles. The molecule has 0 bridgehead atoms. The van der Waals surface area contributed by atoms with Crippen LogP contribution in [0.25, 0.3) is 0 Å². The Balaban J connectivity index is 1.29. The van der Waals surface area contributed by atoms with Crippen molar-refractivity contribution in [1.29, 1.82) is 0 Å². The first-order chi connectivity index (χ1) is 16.0. The number of aromatic nitrogens is 2. The Hall–Kier alpha value is -3.98. The zero-order chi connectivity index (χ0) is 23.2. The minimum Gasteiger partial charge on any atom is -0.486 e. The van der Waals surface area contributed by atoms with Crippen molar-refractivity contribution in [3.63, 3.8) is 0 Å². The van der Waals surface area contributed by atoms with Gasteiger partial charge in [0, 0.05) is 11.3 Å². The highest BCUT2D eigenvalue weighted by Crippen LogP contribution is 2.20. The monoisotopic (exact) mass is 462 g/mol. The largest absolute Gasteiger partial charge is 0.486 e. The van der Waals surface area contributed by atoms with E-state index >= 15 is 0 Å². The van der Waals surface area contributed by atoms with Crippen molar-refractivity contribution >= 4 is 28.8 Å². The van der Waals surface area contributed by atoms with Gasteiger partial charge in [-0.2, -0.15) is 0 Å². The first-order valence-corrected chi connectivity index (χ1v) is 11.1. The fourth-order valence-corrected chi connectivity index (χ4v) is 3.65. The number of benzene rings is 2. The summed E-state index contributed by atoms with van der Waals surface area (Å²) in [5, 5.41) is 14.4. The molecule has 2 N–H and O–H groups in total. The molecule has 0 aliphatic carbocycles. The van der Waals surface area contributed by atoms with Crippen molar-refractivity contribution < 1.29 is 18.7 Å². The van der Waals surface area contributed by atoms with Crippen molar-refractivity contribution in [2.45, 2.75) is 27.0 Å². The van der Waals surface area contributed by atoms with Crippen molar-refractivity contribution in [2.75, 3.05) is 5.32 Å². The number of rotatable bonds is 8. The van der Waals surface area contributed by atoms with Gasteiger partial charge in [-0.05, 0) is 61.9 Å². The summed E-state index contributed by atoms with van der Waals surface area (Å²) in [5.41, 5.74) is 2.04. The Morgan fingerprint density at radius 1 is 0.970 bits per heavy atom. The summed E-state index contributed by atoms with van der Waals surface area (Å²) in [6.45, 7) is 4.35. The number of furan rings is 1. The lowest BCUT2D eigenvalue weighted by Crippen LogP contribution is -2.22. The quantitative estimate of drug-likeness (QED) is 0.399. The van der Waals surface area contributed by atoms with Gasteiger partial charge in [-0.1, -0.05) is 29.5 Å². The van der Waals surface area contributed by atoms with Crippen molar-refractivity contribution in [1.82, 2.24) is 15.5 Å². The van der Waals surface area contributed by atoms with Gasteiger partial charge in [0.05, 0.1) is 6.54 Å². The zero-order valence-electron chi connectivity index (χ0n) is 18.1. The highest BCUT2D eigenvalue weighted by molar-refractivity contribution is 7.13. The van der Waals surface area contributed by atoms with Crippen LogP contribution in [0, 0.1) is 13.8 Å². The molecule has 9 heteroatoms. The second-order valence-electron chi connectivity index (χ2n) is 7.28. The normalized spacial score (nSPS) is 10.6. The van der Waals surface area contributed by atoms with E-state index in [0.29, 0.717) is 28.6 Å². The van der Waals surface area contributed by atoms with Crippen LogP contribution in [-0.4, -0.2) is 22.0 Å².